The van der Waals surface area contributed by atoms with Crippen LogP contribution in [0.2, 0.25) is 0 Å². The highest BCUT2D eigenvalue weighted by atomic mass is 16.5. The van der Waals surface area contributed by atoms with Crippen molar-refractivity contribution >= 4 is 11.8 Å². The maximum absolute atomic E-state index is 5.76. The summed E-state index contributed by atoms with van der Waals surface area (Å²) in [5.74, 6) is 2.90. The summed E-state index contributed by atoms with van der Waals surface area (Å²) >= 11 is 0. The minimum atomic E-state index is 0.315. The molecular formula is C22H34N4O2. The Hall–Kier alpha value is -2.50. The first-order valence-corrected chi connectivity index (χ1v) is 10.2. The van der Waals surface area contributed by atoms with Gasteiger partial charge in [-0.25, -0.2) is 4.98 Å². The van der Waals surface area contributed by atoms with Crippen LogP contribution in [-0.4, -0.2) is 30.7 Å². The fourth-order valence-electron chi connectivity index (χ4n) is 3.34. The standard InChI is InChI=1S/C22H34N4O2/c1-5-7-14-24-21-18(15-25-22(23)26-21)11-9-8-10-17-13-12-16(6-2)19(27-3)20(17)28-4/h12-13,15H,5-11,14H2,1-4H3,(H3,23,24,25,26). The Balaban J connectivity index is 1.98. The molecule has 6 nitrogen and oxygen atoms in total. The number of aryl methyl sites for hydroxylation is 3. The third-order valence-corrected chi connectivity index (χ3v) is 4.91. The molecule has 0 aliphatic carbocycles. The van der Waals surface area contributed by atoms with Crippen molar-refractivity contribution in [2.45, 2.75) is 58.8 Å². The van der Waals surface area contributed by atoms with Gasteiger partial charge in [-0.05, 0) is 49.7 Å². The van der Waals surface area contributed by atoms with Crippen molar-refractivity contribution < 1.29 is 9.47 Å². The Kier molecular flexibility index (Phi) is 8.85. The Morgan fingerprint density at radius 3 is 2.21 bits per heavy atom. The van der Waals surface area contributed by atoms with Crippen LogP contribution >= 0.6 is 0 Å². The Morgan fingerprint density at radius 1 is 0.929 bits per heavy atom. The highest BCUT2D eigenvalue weighted by Crippen LogP contribution is 2.36. The van der Waals surface area contributed by atoms with Gasteiger partial charge in [0, 0.05) is 18.3 Å². The number of nitrogen functional groups attached to an aromatic ring is 1. The van der Waals surface area contributed by atoms with E-state index < -0.39 is 0 Å². The molecule has 0 saturated heterocycles. The van der Waals surface area contributed by atoms with E-state index >= 15 is 0 Å². The third kappa shape index (κ3) is 5.75. The normalized spacial score (nSPS) is 10.7. The molecule has 2 rings (SSSR count). The molecule has 0 aliphatic rings. The Labute approximate surface area is 168 Å². The molecule has 0 atom stereocenters. The molecule has 0 amide bonds. The van der Waals surface area contributed by atoms with Gasteiger partial charge in [0.15, 0.2) is 11.5 Å². The fourth-order valence-corrected chi connectivity index (χ4v) is 3.34. The summed E-state index contributed by atoms with van der Waals surface area (Å²) in [6.07, 6.45) is 8.96. The topological polar surface area (TPSA) is 82.3 Å². The van der Waals surface area contributed by atoms with Gasteiger partial charge in [-0.1, -0.05) is 32.4 Å². The van der Waals surface area contributed by atoms with Crippen molar-refractivity contribution in [2.75, 3.05) is 31.8 Å². The molecule has 0 radical (unpaired) electrons. The molecule has 28 heavy (non-hydrogen) atoms. The van der Waals surface area contributed by atoms with Crippen molar-refractivity contribution in [1.29, 1.82) is 0 Å². The van der Waals surface area contributed by atoms with Gasteiger partial charge < -0.3 is 20.5 Å². The second-order valence-electron chi connectivity index (χ2n) is 6.89. The SMILES string of the molecule is CCCCNc1nc(N)ncc1CCCCc1ccc(CC)c(OC)c1OC. The molecule has 0 fully saturated rings. The number of unbranched alkanes of at least 4 members (excludes halogenated alkanes) is 2. The van der Waals surface area contributed by atoms with Crippen molar-refractivity contribution in [3.8, 4) is 11.5 Å². The quantitative estimate of drug-likeness (QED) is 0.526. The van der Waals surface area contributed by atoms with E-state index in [-0.39, 0.29) is 0 Å². The van der Waals surface area contributed by atoms with E-state index in [4.69, 9.17) is 15.2 Å². The number of nitrogens with one attached hydrogen (secondary N) is 1. The fraction of sp³-hybridized carbons (Fsp3) is 0.545. The number of hydrogen-bond acceptors (Lipinski definition) is 6. The van der Waals surface area contributed by atoms with Gasteiger partial charge in [0.1, 0.15) is 5.82 Å². The predicted molar refractivity (Wildman–Crippen MR) is 115 cm³/mol. The number of ether oxygens (including phenoxy) is 2. The van der Waals surface area contributed by atoms with Crippen molar-refractivity contribution in [1.82, 2.24) is 9.97 Å². The molecule has 1 heterocycles. The van der Waals surface area contributed by atoms with E-state index in [0.717, 1.165) is 74.4 Å². The Bertz CT molecular complexity index is 750. The number of rotatable bonds is 12. The molecule has 0 spiro atoms. The molecule has 154 valence electrons. The van der Waals surface area contributed by atoms with Crippen LogP contribution < -0.4 is 20.5 Å². The first-order chi connectivity index (χ1) is 13.6. The summed E-state index contributed by atoms with van der Waals surface area (Å²) in [6, 6.07) is 4.30. The Morgan fingerprint density at radius 2 is 1.57 bits per heavy atom. The van der Waals surface area contributed by atoms with E-state index in [1.807, 2.05) is 6.20 Å². The summed E-state index contributed by atoms with van der Waals surface area (Å²) in [6.45, 7) is 5.20. The van der Waals surface area contributed by atoms with E-state index in [1.54, 1.807) is 14.2 Å². The molecule has 1 aromatic heterocycles. The monoisotopic (exact) mass is 386 g/mol. The van der Waals surface area contributed by atoms with Crippen LogP contribution in [0.3, 0.4) is 0 Å². The molecule has 0 aliphatic heterocycles. The summed E-state index contributed by atoms with van der Waals surface area (Å²) in [4.78, 5) is 8.53. The molecule has 2 aromatic rings. The van der Waals surface area contributed by atoms with Gasteiger partial charge in [-0.15, -0.1) is 0 Å². The van der Waals surface area contributed by atoms with Gasteiger partial charge in [-0.3, -0.25) is 0 Å². The zero-order valence-electron chi connectivity index (χ0n) is 17.7. The highest BCUT2D eigenvalue weighted by Gasteiger charge is 2.14. The van der Waals surface area contributed by atoms with Gasteiger partial charge >= 0.3 is 0 Å². The van der Waals surface area contributed by atoms with E-state index in [2.05, 4.69) is 41.3 Å². The van der Waals surface area contributed by atoms with Gasteiger partial charge in [0.2, 0.25) is 5.95 Å². The summed E-state index contributed by atoms with van der Waals surface area (Å²) in [5.41, 5.74) is 9.24. The van der Waals surface area contributed by atoms with Crippen molar-refractivity contribution in [3.05, 3.63) is 35.0 Å². The summed E-state index contributed by atoms with van der Waals surface area (Å²) in [5, 5.41) is 3.39. The molecule has 1 aromatic carbocycles. The highest BCUT2D eigenvalue weighted by molar-refractivity contribution is 5.52. The second-order valence-corrected chi connectivity index (χ2v) is 6.89. The van der Waals surface area contributed by atoms with Crippen LogP contribution in [0.25, 0.3) is 0 Å². The number of aromatic nitrogens is 2. The number of nitrogens with two attached hydrogens (primary N) is 1. The second kappa shape index (κ2) is 11.4. The third-order valence-electron chi connectivity index (χ3n) is 4.91. The smallest absolute Gasteiger partial charge is 0.221 e. The molecule has 3 N–H and O–H groups in total. The van der Waals surface area contributed by atoms with E-state index in [1.165, 1.54) is 11.1 Å². The average molecular weight is 387 g/mol. The van der Waals surface area contributed by atoms with Crippen molar-refractivity contribution in [2.24, 2.45) is 0 Å². The number of nitrogens with zero attached hydrogens (tertiary/aromatic N) is 2. The first kappa shape index (κ1) is 21.8. The predicted octanol–water partition coefficient (Wildman–Crippen LogP) is 4.42. The van der Waals surface area contributed by atoms with Crippen LogP contribution in [-0.2, 0) is 19.3 Å². The largest absolute Gasteiger partial charge is 0.493 e. The number of benzene rings is 1. The van der Waals surface area contributed by atoms with Crippen LogP contribution in [0.15, 0.2) is 18.3 Å². The van der Waals surface area contributed by atoms with Gasteiger partial charge in [-0.2, -0.15) is 4.98 Å². The molecule has 6 heteroatoms. The lowest BCUT2D eigenvalue weighted by atomic mass is 10.0. The average Bonchev–Trinajstić information content (AvgIpc) is 2.71. The number of methoxy groups -OCH3 is 2. The lowest BCUT2D eigenvalue weighted by molar-refractivity contribution is 0.348. The number of hydrogen-bond donors (Lipinski definition) is 2. The van der Waals surface area contributed by atoms with E-state index in [0.29, 0.717) is 5.95 Å². The van der Waals surface area contributed by atoms with Gasteiger partial charge in [0.25, 0.3) is 0 Å². The molecule has 0 unspecified atom stereocenters. The zero-order chi connectivity index (χ0) is 20.4. The van der Waals surface area contributed by atoms with Crippen LogP contribution in [0.1, 0.15) is 56.2 Å². The molecular weight excluding hydrogens is 352 g/mol. The maximum atomic E-state index is 5.76. The summed E-state index contributed by atoms with van der Waals surface area (Å²) < 4.78 is 11.2. The summed E-state index contributed by atoms with van der Waals surface area (Å²) in [7, 11) is 3.41. The van der Waals surface area contributed by atoms with Crippen LogP contribution in [0.5, 0.6) is 11.5 Å². The number of anilines is 2. The lowest BCUT2D eigenvalue weighted by Crippen LogP contribution is -2.09. The molecule has 0 bridgehead atoms. The van der Waals surface area contributed by atoms with E-state index in [9.17, 15) is 0 Å². The minimum absolute atomic E-state index is 0.315. The lowest BCUT2D eigenvalue weighted by Gasteiger charge is -2.16. The zero-order valence-corrected chi connectivity index (χ0v) is 17.7. The van der Waals surface area contributed by atoms with Crippen LogP contribution in [0.4, 0.5) is 11.8 Å². The van der Waals surface area contributed by atoms with Gasteiger partial charge in [0.05, 0.1) is 14.2 Å². The van der Waals surface area contributed by atoms with Crippen LogP contribution in [0, 0.1) is 0 Å². The maximum Gasteiger partial charge on any atom is 0.221 e. The van der Waals surface area contributed by atoms with Crippen molar-refractivity contribution in [3.63, 3.8) is 0 Å². The first-order valence-electron chi connectivity index (χ1n) is 10.2. The molecule has 0 saturated carbocycles. The minimum Gasteiger partial charge on any atom is -0.493 e.